The number of ether oxygens (including phenoxy) is 1. The fourth-order valence-corrected chi connectivity index (χ4v) is 1.63. The molecule has 1 aromatic carbocycles. The van der Waals surface area contributed by atoms with E-state index in [4.69, 9.17) is 10.5 Å². The molecule has 4 nitrogen and oxygen atoms in total. The quantitative estimate of drug-likeness (QED) is 0.736. The Morgan fingerprint density at radius 2 is 2.06 bits per heavy atom. The van der Waals surface area contributed by atoms with Gasteiger partial charge in [-0.1, -0.05) is 24.3 Å². The number of amides is 1. The van der Waals surface area contributed by atoms with Gasteiger partial charge in [0.25, 0.3) is 0 Å². The van der Waals surface area contributed by atoms with Crippen molar-refractivity contribution in [3.8, 4) is 0 Å². The molecule has 0 bridgehead atoms. The Labute approximate surface area is 109 Å². The average molecular weight is 250 g/mol. The highest BCUT2D eigenvalue weighted by Gasteiger charge is 2.04. The van der Waals surface area contributed by atoms with E-state index in [1.165, 1.54) is 0 Å². The normalized spacial score (nSPS) is 10.3. The molecule has 1 rings (SSSR count). The lowest BCUT2D eigenvalue weighted by molar-refractivity contribution is -0.121. The minimum atomic E-state index is 0.0478. The second-order valence-corrected chi connectivity index (χ2v) is 4.07. The molecule has 0 saturated carbocycles. The average Bonchev–Trinajstić information content (AvgIpc) is 2.41. The summed E-state index contributed by atoms with van der Waals surface area (Å²) in [6.45, 7) is 4.35. The monoisotopic (exact) mass is 250 g/mol. The Hall–Kier alpha value is -1.39. The molecular weight excluding hydrogens is 228 g/mol. The molecule has 0 aliphatic carbocycles. The molecule has 0 heterocycles. The molecule has 1 aromatic rings. The molecule has 3 N–H and O–H groups in total. The minimum absolute atomic E-state index is 0.0478. The lowest BCUT2D eigenvalue weighted by Crippen LogP contribution is -2.23. The summed E-state index contributed by atoms with van der Waals surface area (Å²) in [5, 5.41) is 2.90. The van der Waals surface area contributed by atoms with E-state index >= 15 is 0 Å². The van der Waals surface area contributed by atoms with Gasteiger partial charge in [0.1, 0.15) is 0 Å². The molecule has 100 valence electrons. The SMILES string of the molecule is CCOCc1ccccc1CNC(=O)CCCN. The van der Waals surface area contributed by atoms with Crippen molar-refractivity contribution >= 4 is 5.91 Å². The molecule has 1 amide bonds. The summed E-state index contributed by atoms with van der Waals surface area (Å²) in [7, 11) is 0. The van der Waals surface area contributed by atoms with Gasteiger partial charge < -0.3 is 15.8 Å². The van der Waals surface area contributed by atoms with Gasteiger partial charge in [0.15, 0.2) is 0 Å². The Balaban J connectivity index is 2.47. The van der Waals surface area contributed by atoms with Crippen LogP contribution >= 0.6 is 0 Å². The van der Waals surface area contributed by atoms with Gasteiger partial charge in [-0.25, -0.2) is 0 Å². The first-order valence-corrected chi connectivity index (χ1v) is 6.39. The van der Waals surface area contributed by atoms with Crippen molar-refractivity contribution in [2.45, 2.75) is 32.9 Å². The fraction of sp³-hybridized carbons (Fsp3) is 0.500. The van der Waals surface area contributed by atoms with E-state index in [9.17, 15) is 4.79 Å². The predicted octanol–water partition coefficient (Wildman–Crippen LogP) is 1.58. The number of hydrogen-bond donors (Lipinski definition) is 2. The third kappa shape index (κ3) is 5.29. The molecule has 0 unspecified atom stereocenters. The Bertz CT molecular complexity index is 367. The first-order chi connectivity index (χ1) is 8.77. The standard InChI is InChI=1S/C14H22N2O2/c1-2-18-11-13-7-4-3-6-12(13)10-16-14(17)8-5-9-15/h3-4,6-7H,2,5,8-11,15H2,1H3,(H,16,17). The fourth-order valence-electron chi connectivity index (χ4n) is 1.63. The highest BCUT2D eigenvalue weighted by atomic mass is 16.5. The largest absolute Gasteiger partial charge is 0.377 e. The van der Waals surface area contributed by atoms with E-state index in [0.29, 0.717) is 32.7 Å². The van der Waals surface area contributed by atoms with Gasteiger partial charge in [-0.15, -0.1) is 0 Å². The molecule has 0 radical (unpaired) electrons. The molecule has 0 aliphatic rings. The van der Waals surface area contributed by atoms with E-state index in [0.717, 1.165) is 17.5 Å². The van der Waals surface area contributed by atoms with E-state index in [1.807, 2.05) is 31.2 Å². The van der Waals surface area contributed by atoms with Crippen LogP contribution in [0, 0.1) is 0 Å². The van der Waals surface area contributed by atoms with Crippen LogP contribution in [0.2, 0.25) is 0 Å². The first kappa shape index (κ1) is 14.7. The number of nitrogens with two attached hydrogens (primary N) is 1. The van der Waals surface area contributed by atoms with Crippen molar-refractivity contribution in [1.82, 2.24) is 5.32 Å². The van der Waals surface area contributed by atoms with E-state index in [1.54, 1.807) is 0 Å². The number of benzene rings is 1. The van der Waals surface area contributed by atoms with Crippen LogP contribution < -0.4 is 11.1 Å². The van der Waals surface area contributed by atoms with Crippen molar-refractivity contribution in [2.75, 3.05) is 13.2 Å². The highest BCUT2D eigenvalue weighted by Crippen LogP contribution is 2.10. The second-order valence-electron chi connectivity index (χ2n) is 4.07. The Morgan fingerprint density at radius 1 is 1.33 bits per heavy atom. The first-order valence-electron chi connectivity index (χ1n) is 6.39. The third-order valence-electron chi connectivity index (χ3n) is 2.66. The van der Waals surface area contributed by atoms with Gasteiger partial charge in [-0.3, -0.25) is 4.79 Å². The molecular formula is C14H22N2O2. The second kappa shape index (κ2) is 8.66. The predicted molar refractivity (Wildman–Crippen MR) is 71.9 cm³/mol. The summed E-state index contributed by atoms with van der Waals surface area (Å²) in [6.07, 6.45) is 1.22. The third-order valence-corrected chi connectivity index (χ3v) is 2.66. The van der Waals surface area contributed by atoms with Gasteiger partial charge in [0, 0.05) is 19.6 Å². The van der Waals surface area contributed by atoms with Crippen molar-refractivity contribution in [3.05, 3.63) is 35.4 Å². The summed E-state index contributed by atoms with van der Waals surface area (Å²) in [5.41, 5.74) is 7.59. The lowest BCUT2D eigenvalue weighted by atomic mass is 10.1. The maximum absolute atomic E-state index is 11.5. The zero-order valence-electron chi connectivity index (χ0n) is 10.9. The van der Waals surface area contributed by atoms with E-state index < -0.39 is 0 Å². The summed E-state index contributed by atoms with van der Waals surface area (Å²) in [5.74, 6) is 0.0478. The van der Waals surface area contributed by atoms with E-state index in [-0.39, 0.29) is 5.91 Å². The number of carbonyl (C=O) groups is 1. The number of rotatable bonds is 8. The van der Waals surface area contributed by atoms with Gasteiger partial charge in [0.05, 0.1) is 6.61 Å². The van der Waals surface area contributed by atoms with Gasteiger partial charge in [0.2, 0.25) is 5.91 Å². The summed E-state index contributed by atoms with van der Waals surface area (Å²) < 4.78 is 5.40. The topological polar surface area (TPSA) is 64.3 Å². The Kier molecular flexibility index (Phi) is 7.06. The maximum atomic E-state index is 11.5. The number of hydrogen-bond acceptors (Lipinski definition) is 3. The molecule has 4 heteroatoms. The van der Waals surface area contributed by atoms with Gasteiger partial charge in [-0.05, 0) is 31.0 Å². The zero-order chi connectivity index (χ0) is 13.2. The van der Waals surface area contributed by atoms with Crippen molar-refractivity contribution in [2.24, 2.45) is 5.73 Å². The van der Waals surface area contributed by atoms with Crippen molar-refractivity contribution in [3.63, 3.8) is 0 Å². The van der Waals surface area contributed by atoms with Crippen LogP contribution in [0.15, 0.2) is 24.3 Å². The molecule has 0 saturated heterocycles. The number of nitrogens with one attached hydrogen (secondary N) is 1. The summed E-state index contributed by atoms with van der Waals surface area (Å²) in [6, 6.07) is 7.99. The lowest BCUT2D eigenvalue weighted by Gasteiger charge is -2.10. The highest BCUT2D eigenvalue weighted by molar-refractivity contribution is 5.75. The molecule has 0 spiro atoms. The summed E-state index contributed by atoms with van der Waals surface area (Å²) in [4.78, 5) is 11.5. The Morgan fingerprint density at radius 3 is 2.72 bits per heavy atom. The van der Waals surface area contributed by atoms with Crippen LogP contribution in [-0.2, 0) is 22.7 Å². The van der Waals surface area contributed by atoms with Crippen LogP contribution in [0.25, 0.3) is 0 Å². The zero-order valence-corrected chi connectivity index (χ0v) is 10.9. The van der Waals surface area contributed by atoms with Gasteiger partial charge in [-0.2, -0.15) is 0 Å². The molecule has 18 heavy (non-hydrogen) atoms. The number of carbonyl (C=O) groups excluding carboxylic acids is 1. The minimum Gasteiger partial charge on any atom is -0.377 e. The summed E-state index contributed by atoms with van der Waals surface area (Å²) >= 11 is 0. The smallest absolute Gasteiger partial charge is 0.220 e. The van der Waals surface area contributed by atoms with Gasteiger partial charge >= 0.3 is 0 Å². The molecule has 0 aromatic heterocycles. The molecule has 0 aliphatic heterocycles. The van der Waals surface area contributed by atoms with Crippen LogP contribution in [-0.4, -0.2) is 19.1 Å². The van der Waals surface area contributed by atoms with Crippen LogP contribution in [0.5, 0.6) is 0 Å². The van der Waals surface area contributed by atoms with E-state index in [2.05, 4.69) is 5.32 Å². The maximum Gasteiger partial charge on any atom is 0.220 e. The van der Waals surface area contributed by atoms with Crippen LogP contribution in [0.1, 0.15) is 30.9 Å². The molecule has 0 atom stereocenters. The molecule has 0 fully saturated rings. The van der Waals surface area contributed by atoms with Crippen molar-refractivity contribution < 1.29 is 9.53 Å². The van der Waals surface area contributed by atoms with Crippen molar-refractivity contribution in [1.29, 1.82) is 0 Å². The van der Waals surface area contributed by atoms with Crippen LogP contribution in [0.3, 0.4) is 0 Å². The van der Waals surface area contributed by atoms with Crippen LogP contribution in [0.4, 0.5) is 0 Å².